The molecular weight excluding hydrogens is 286 g/mol. The molecule has 1 aromatic carbocycles. The molecule has 5 heteroatoms. The fourth-order valence-corrected chi connectivity index (χ4v) is 2.80. The summed E-state index contributed by atoms with van der Waals surface area (Å²) >= 11 is 1.46. The second-order valence-corrected chi connectivity index (χ2v) is 5.67. The number of hydrogen-bond donors (Lipinski definition) is 1. The molecule has 0 saturated heterocycles. The smallest absolute Gasteiger partial charge is 0.358 e. The molecule has 0 radical (unpaired) electrons. The molecule has 0 fully saturated rings. The molecule has 0 spiro atoms. The fourth-order valence-electron chi connectivity index (χ4n) is 2.15. The quantitative estimate of drug-likeness (QED) is 0.779. The zero-order valence-corrected chi connectivity index (χ0v) is 12.4. The fraction of sp³-hybridized carbons (Fsp3) is 0.125. The minimum atomic E-state index is -1.09. The lowest BCUT2D eigenvalue weighted by molar-refractivity contribution is 0.0691. The summed E-state index contributed by atoms with van der Waals surface area (Å²) in [5.74, 6) is -0.428. The van der Waals surface area contributed by atoms with E-state index in [9.17, 15) is 9.90 Å². The normalized spacial score (nSPS) is 10.8. The molecular formula is C16H13NO3S. The van der Waals surface area contributed by atoms with E-state index in [2.05, 4.69) is 4.98 Å². The topological polar surface area (TPSA) is 63.3 Å². The van der Waals surface area contributed by atoms with Gasteiger partial charge in [-0.2, -0.15) is 0 Å². The number of rotatable bonds is 3. The highest BCUT2D eigenvalue weighted by atomic mass is 32.1. The molecule has 0 aliphatic carbocycles. The van der Waals surface area contributed by atoms with Crippen LogP contribution in [0.15, 0.2) is 40.1 Å². The number of aryl methyl sites for hydroxylation is 1. The van der Waals surface area contributed by atoms with Gasteiger partial charge in [0.25, 0.3) is 0 Å². The average molecular weight is 299 g/mol. The third-order valence-corrected chi connectivity index (χ3v) is 4.27. The molecule has 0 saturated carbocycles. The van der Waals surface area contributed by atoms with Gasteiger partial charge in [0.1, 0.15) is 0 Å². The van der Waals surface area contributed by atoms with Crippen molar-refractivity contribution in [2.45, 2.75) is 13.8 Å². The van der Waals surface area contributed by atoms with Crippen molar-refractivity contribution in [2.24, 2.45) is 0 Å². The molecule has 21 heavy (non-hydrogen) atoms. The molecule has 2 aromatic heterocycles. The van der Waals surface area contributed by atoms with Crippen molar-refractivity contribution in [2.75, 3.05) is 0 Å². The van der Waals surface area contributed by atoms with Crippen molar-refractivity contribution in [1.29, 1.82) is 0 Å². The Bertz CT molecular complexity index is 803. The highest BCUT2D eigenvalue weighted by Crippen LogP contribution is 2.34. The van der Waals surface area contributed by atoms with Crippen molar-refractivity contribution in [1.82, 2.24) is 4.98 Å². The standard InChI is InChI=1S/C16H13NO3S/c1-9-5-3-6-11(10(9)2)14-13(16(18)19)17-15(20-14)12-7-4-8-21-12/h3-8H,1-2H3,(H,18,19). The molecule has 0 aliphatic rings. The van der Waals surface area contributed by atoms with Gasteiger partial charge in [-0.1, -0.05) is 24.3 Å². The lowest BCUT2D eigenvalue weighted by atomic mass is 10.0. The molecule has 3 aromatic rings. The van der Waals surface area contributed by atoms with Gasteiger partial charge in [0, 0.05) is 5.56 Å². The molecule has 0 amide bonds. The number of carboxylic acid groups (broad SMARTS) is 1. The van der Waals surface area contributed by atoms with Gasteiger partial charge in [0.05, 0.1) is 4.88 Å². The molecule has 106 valence electrons. The number of benzene rings is 1. The first-order valence-corrected chi connectivity index (χ1v) is 7.30. The van der Waals surface area contributed by atoms with Crippen molar-refractivity contribution >= 4 is 17.3 Å². The average Bonchev–Trinajstić information content (AvgIpc) is 3.09. The Morgan fingerprint density at radius 3 is 2.71 bits per heavy atom. The summed E-state index contributed by atoms with van der Waals surface area (Å²) < 4.78 is 5.76. The Morgan fingerprint density at radius 1 is 1.24 bits per heavy atom. The van der Waals surface area contributed by atoms with E-state index in [1.807, 2.05) is 49.6 Å². The summed E-state index contributed by atoms with van der Waals surface area (Å²) in [6.07, 6.45) is 0. The maximum Gasteiger partial charge on any atom is 0.358 e. The maximum absolute atomic E-state index is 11.5. The number of carboxylic acids is 1. The molecule has 3 rings (SSSR count). The van der Waals surface area contributed by atoms with E-state index >= 15 is 0 Å². The first-order valence-electron chi connectivity index (χ1n) is 6.42. The van der Waals surface area contributed by atoms with Crippen LogP contribution in [0.25, 0.3) is 22.1 Å². The molecule has 0 aliphatic heterocycles. The van der Waals surface area contributed by atoms with Crippen LogP contribution in [0.2, 0.25) is 0 Å². The first-order chi connectivity index (χ1) is 10.1. The lowest BCUT2D eigenvalue weighted by Crippen LogP contribution is -1.99. The molecule has 0 atom stereocenters. The van der Waals surface area contributed by atoms with E-state index in [-0.39, 0.29) is 5.69 Å². The second-order valence-electron chi connectivity index (χ2n) is 4.73. The van der Waals surface area contributed by atoms with Gasteiger partial charge in [-0.15, -0.1) is 11.3 Å². The first kappa shape index (κ1) is 13.6. The van der Waals surface area contributed by atoms with Gasteiger partial charge >= 0.3 is 5.97 Å². The van der Waals surface area contributed by atoms with Gasteiger partial charge in [0.2, 0.25) is 5.89 Å². The SMILES string of the molecule is Cc1cccc(-c2oc(-c3cccs3)nc2C(=O)O)c1C. The molecule has 4 nitrogen and oxygen atoms in total. The Labute approximate surface area is 125 Å². The molecule has 0 bridgehead atoms. The molecule has 1 N–H and O–H groups in total. The van der Waals surface area contributed by atoms with Crippen molar-refractivity contribution in [3.63, 3.8) is 0 Å². The van der Waals surface area contributed by atoms with Crippen LogP contribution in [0.1, 0.15) is 21.6 Å². The Kier molecular flexibility index (Phi) is 3.35. The van der Waals surface area contributed by atoms with Gasteiger partial charge in [-0.25, -0.2) is 9.78 Å². The lowest BCUT2D eigenvalue weighted by Gasteiger charge is -2.05. The predicted molar refractivity (Wildman–Crippen MR) is 81.7 cm³/mol. The minimum absolute atomic E-state index is 0.0490. The van der Waals surface area contributed by atoms with Gasteiger partial charge < -0.3 is 9.52 Å². The Morgan fingerprint density at radius 2 is 2.05 bits per heavy atom. The number of thiophene rings is 1. The van der Waals surface area contributed by atoms with Crippen LogP contribution in [0, 0.1) is 13.8 Å². The monoisotopic (exact) mass is 299 g/mol. The predicted octanol–water partition coefficient (Wildman–Crippen LogP) is 4.39. The Hall–Kier alpha value is -2.40. The van der Waals surface area contributed by atoms with Crippen LogP contribution in [0.3, 0.4) is 0 Å². The van der Waals surface area contributed by atoms with Crippen LogP contribution in [0.4, 0.5) is 0 Å². The van der Waals surface area contributed by atoms with Gasteiger partial charge in [-0.3, -0.25) is 0 Å². The van der Waals surface area contributed by atoms with Crippen molar-refractivity contribution < 1.29 is 14.3 Å². The number of carbonyl (C=O) groups is 1. The number of nitrogens with zero attached hydrogens (tertiary/aromatic N) is 1. The maximum atomic E-state index is 11.5. The largest absolute Gasteiger partial charge is 0.476 e. The zero-order chi connectivity index (χ0) is 15.0. The number of hydrogen-bond acceptors (Lipinski definition) is 4. The number of aromatic nitrogens is 1. The zero-order valence-electron chi connectivity index (χ0n) is 11.6. The van der Waals surface area contributed by atoms with E-state index in [0.29, 0.717) is 11.7 Å². The summed E-state index contributed by atoms with van der Waals surface area (Å²) in [4.78, 5) is 16.4. The van der Waals surface area contributed by atoms with Crippen LogP contribution in [-0.4, -0.2) is 16.1 Å². The summed E-state index contributed by atoms with van der Waals surface area (Å²) in [5.41, 5.74) is 2.79. The highest BCUT2D eigenvalue weighted by Gasteiger charge is 2.23. The van der Waals surface area contributed by atoms with Crippen LogP contribution < -0.4 is 0 Å². The highest BCUT2D eigenvalue weighted by molar-refractivity contribution is 7.13. The third-order valence-electron chi connectivity index (χ3n) is 3.41. The van der Waals surface area contributed by atoms with E-state index in [0.717, 1.165) is 21.6 Å². The Balaban J connectivity index is 2.22. The number of oxazole rings is 1. The molecule has 2 heterocycles. The van der Waals surface area contributed by atoms with Crippen LogP contribution >= 0.6 is 11.3 Å². The summed E-state index contributed by atoms with van der Waals surface area (Å²) in [6, 6.07) is 9.46. The third kappa shape index (κ3) is 2.36. The van der Waals surface area contributed by atoms with Crippen molar-refractivity contribution in [3.05, 3.63) is 52.5 Å². The van der Waals surface area contributed by atoms with E-state index < -0.39 is 5.97 Å². The minimum Gasteiger partial charge on any atom is -0.476 e. The summed E-state index contributed by atoms with van der Waals surface area (Å²) in [6.45, 7) is 3.93. The molecule has 0 unspecified atom stereocenters. The van der Waals surface area contributed by atoms with E-state index in [1.54, 1.807) is 0 Å². The number of aromatic carboxylic acids is 1. The summed E-state index contributed by atoms with van der Waals surface area (Å²) in [7, 11) is 0. The van der Waals surface area contributed by atoms with Crippen LogP contribution in [-0.2, 0) is 0 Å². The summed E-state index contributed by atoms with van der Waals surface area (Å²) in [5, 5.41) is 11.3. The van der Waals surface area contributed by atoms with E-state index in [1.165, 1.54) is 11.3 Å². The van der Waals surface area contributed by atoms with E-state index in [4.69, 9.17) is 4.42 Å². The van der Waals surface area contributed by atoms with Crippen molar-refractivity contribution in [3.8, 4) is 22.1 Å². The van der Waals surface area contributed by atoms with Crippen LogP contribution in [0.5, 0.6) is 0 Å². The van der Waals surface area contributed by atoms with Gasteiger partial charge in [0.15, 0.2) is 11.5 Å². The second kappa shape index (κ2) is 5.18. The van der Waals surface area contributed by atoms with Gasteiger partial charge in [-0.05, 0) is 36.4 Å².